The molecule has 102 valence electrons. The van der Waals surface area contributed by atoms with Crippen molar-refractivity contribution in [1.82, 2.24) is 4.90 Å². The zero-order valence-electron chi connectivity index (χ0n) is 10.3. The van der Waals surface area contributed by atoms with Gasteiger partial charge in [-0.15, -0.1) is 0 Å². The number of aliphatic carboxylic acids is 1. The van der Waals surface area contributed by atoms with Crippen LogP contribution in [0.3, 0.4) is 0 Å². The van der Waals surface area contributed by atoms with Crippen molar-refractivity contribution in [1.29, 1.82) is 0 Å². The summed E-state index contributed by atoms with van der Waals surface area (Å²) in [7, 11) is 0. The van der Waals surface area contributed by atoms with E-state index in [0.717, 1.165) is 6.07 Å². The van der Waals surface area contributed by atoms with Crippen molar-refractivity contribution in [2.45, 2.75) is 13.3 Å². The SMILES string of the molecule is CC1(C(=O)O)CCN(C(=O)c2ccc(Br)c(F)c2)C1. The summed E-state index contributed by atoms with van der Waals surface area (Å²) in [4.78, 5) is 24.7. The van der Waals surface area contributed by atoms with E-state index in [-0.39, 0.29) is 18.0 Å². The molecule has 1 saturated heterocycles. The maximum atomic E-state index is 13.4. The Kier molecular flexibility index (Phi) is 3.62. The second kappa shape index (κ2) is 4.92. The number of benzene rings is 1. The molecule has 0 aromatic heterocycles. The molecule has 0 radical (unpaired) electrons. The standard InChI is InChI=1S/C13H13BrFNO3/c1-13(12(18)19)4-5-16(7-13)11(17)8-2-3-9(14)10(15)6-8/h2-3,6H,4-5,7H2,1H3,(H,18,19). The normalized spacial score (nSPS) is 22.6. The zero-order chi connectivity index (χ0) is 14.2. The predicted octanol–water partition coefficient (Wildman–Crippen LogP) is 2.53. The van der Waals surface area contributed by atoms with Crippen LogP contribution in [0.15, 0.2) is 22.7 Å². The fraction of sp³-hybridized carbons (Fsp3) is 0.385. The number of nitrogens with zero attached hydrogens (tertiary/aromatic N) is 1. The van der Waals surface area contributed by atoms with Crippen LogP contribution in [-0.4, -0.2) is 35.0 Å². The van der Waals surface area contributed by atoms with Crippen molar-refractivity contribution in [3.63, 3.8) is 0 Å². The highest BCUT2D eigenvalue weighted by molar-refractivity contribution is 9.10. The fourth-order valence-corrected chi connectivity index (χ4v) is 2.37. The van der Waals surface area contributed by atoms with E-state index in [1.54, 1.807) is 6.92 Å². The number of hydrogen-bond donors (Lipinski definition) is 1. The third kappa shape index (κ3) is 2.63. The van der Waals surface area contributed by atoms with Crippen molar-refractivity contribution >= 4 is 27.8 Å². The number of hydrogen-bond acceptors (Lipinski definition) is 2. The topological polar surface area (TPSA) is 57.6 Å². The molecule has 0 bridgehead atoms. The second-order valence-corrected chi connectivity index (χ2v) is 5.83. The highest BCUT2D eigenvalue weighted by Crippen LogP contribution is 2.31. The number of carboxylic acid groups (broad SMARTS) is 1. The summed E-state index contributed by atoms with van der Waals surface area (Å²) in [6.45, 7) is 2.14. The molecule has 1 aliphatic heterocycles. The van der Waals surface area contributed by atoms with Gasteiger partial charge >= 0.3 is 5.97 Å². The maximum Gasteiger partial charge on any atom is 0.311 e. The average molecular weight is 330 g/mol. The quantitative estimate of drug-likeness (QED) is 0.907. The molecule has 1 N–H and O–H groups in total. The smallest absolute Gasteiger partial charge is 0.311 e. The molecule has 1 atom stereocenters. The molecule has 1 fully saturated rings. The Bertz CT molecular complexity index is 549. The molecule has 1 unspecified atom stereocenters. The summed E-state index contributed by atoms with van der Waals surface area (Å²) >= 11 is 3.02. The Morgan fingerprint density at radius 3 is 2.68 bits per heavy atom. The van der Waals surface area contributed by atoms with E-state index in [2.05, 4.69) is 15.9 Å². The van der Waals surface area contributed by atoms with Gasteiger partial charge in [-0.2, -0.15) is 0 Å². The van der Waals surface area contributed by atoms with Crippen LogP contribution < -0.4 is 0 Å². The lowest BCUT2D eigenvalue weighted by Gasteiger charge is -2.20. The summed E-state index contributed by atoms with van der Waals surface area (Å²) in [6.07, 6.45) is 0.410. The third-order valence-electron chi connectivity index (χ3n) is 3.44. The monoisotopic (exact) mass is 329 g/mol. The van der Waals surface area contributed by atoms with Crippen molar-refractivity contribution in [3.05, 3.63) is 34.1 Å². The van der Waals surface area contributed by atoms with Crippen molar-refractivity contribution in [3.8, 4) is 0 Å². The summed E-state index contributed by atoms with van der Waals surface area (Å²) in [5.41, 5.74) is -0.681. The Hall–Kier alpha value is -1.43. The van der Waals surface area contributed by atoms with Gasteiger partial charge in [0.25, 0.3) is 5.91 Å². The average Bonchev–Trinajstić information content (AvgIpc) is 2.76. The van der Waals surface area contributed by atoms with Crippen LogP contribution in [0.5, 0.6) is 0 Å². The van der Waals surface area contributed by atoms with E-state index in [9.17, 15) is 14.0 Å². The molecule has 2 rings (SSSR count). The van der Waals surface area contributed by atoms with Crippen LogP contribution in [0.25, 0.3) is 0 Å². The fourth-order valence-electron chi connectivity index (χ4n) is 2.12. The minimum atomic E-state index is -0.913. The molecule has 6 heteroatoms. The van der Waals surface area contributed by atoms with E-state index in [1.165, 1.54) is 17.0 Å². The molecule has 0 aliphatic carbocycles. The van der Waals surface area contributed by atoms with Gasteiger partial charge in [-0.3, -0.25) is 9.59 Å². The highest BCUT2D eigenvalue weighted by atomic mass is 79.9. The molecule has 1 aromatic carbocycles. The number of likely N-dealkylation sites (tertiary alicyclic amines) is 1. The molecular formula is C13H13BrFNO3. The molecule has 1 aliphatic rings. The molecule has 1 heterocycles. The number of halogens is 2. The Balaban J connectivity index is 2.18. The maximum absolute atomic E-state index is 13.4. The summed E-state index contributed by atoms with van der Waals surface area (Å²) in [6, 6.07) is 4.14. The first-order chi connectivity index (χ1) is 8.83. The zero-order valence-corrected chi connectivity index (χ0v) is 11.9. The van der Waals surface area contributed by atoms with Crippen LogP contribution in [-0.2, 0) is 4.79 Å². The predicted molar refractivity (Wildman–Crippen MR) is 70.4 cm³/mol. The largest absolute Gasteiger partial charge is 0.481 e. The van der Waals surface area contributed by atoms with Gasteiger partial charge in [0.15, 0.2) is 0 Å². The number of carbonyl (C=O) groups excluding carboxylic acids is 1. The lowest BCUT2D eigenvalue weighted by Crippen LogP contribution is -2.34. The first kappa shape index (κ1) is 14.0. The van der Waals surface area contributed by atoms with E-state index < -0.39 is 17.2 Å². The van der Waals surface area contributed by atoms with Gasteiger partial charge < -0.3 is 10.0 Å². The Morgan fingerprint density at radius 1 is 1.47 bits per heavy atom. The first-order valence-corrected chi connectivity index (χ1v) is 6.60. The number of amides is 1. The molecular weight excluding hydrogens is 317 g/mol. The Labute approximate surface area is 118 Å². The van der Waals surface area contributed by atoms with E-state index >= 15 is 0 Å². The molecule has 19 heavy (non-hydrogen) atoms. The molecule has 1 amide bonds. The molecule has 0 spiro atoms. The summed E-state index contributed by atoms with van der Waals surface area (Å²) in [5.74, 6) is -1.76. The van der Waals surface area contributed by atoms with Gasteiger partial charge in [0.2, 0.25) is 0 Å². The van der Waals surface area contributed by atoms with Crippen molar-refractivity contribution < 1.29 is 19.1 Å². The van der Waals surface area contributed by atoms with Gasteiger partial charge in [-0.25, -0.2) is 4.39 Å². The minimum Gasteiger partial charge on any atom is -0.481 e. The van der Waals surface area contributed by atoms with Crippen LogP contribution >= 0.6 is 15.9 Å². The van der Waals surface area contributed by atoms with E-state index in [0.29, 0.717) is 17.4 Å². The second-order valence-electron chi connectivity index (χ2n) is 4.97. The van der Waals surface area contributed by atoms with Crippen LogP contribution in [0.1, 0.15) is 23.7 Å². The summed E-state index contributed by atoms with van der Waals surface area (Å²) < 4.78 is 13.7. The van der Waals surface area contributed by atoms with Gasteiger partial charge in [0.05, 0.1) is 9.89 Å². The van der Waals surface area contributed by atoms with E-state index in [4.69, 9.17) is 5.11 Å². The van der Waals surface area contributed by atoms with Crippen LogP contribution in [0.2, 0.25) is 0 Å². The Morgan fingerprint density at radius 2 is 2.16 bits per heavy atom. The van der Waals surface area contributed by atoms with Crippen molar-refractivity contribution in [2.24, 2.45) is 5.41 Å². The lowest BCUT2D eigenvalue weighted by molar-refractivity contribution is -0.147. The lowest BCUT2D eigenvalue weighted by atomic mass is 9.90. The van der Waals surface area contributed by atoms with E-state index in [1.807, 2.05) is 0 Å². The first-order valence-electron chi connectivity index (χ1n) is 5.81. The summed E-state index contributed by atoms with van der Waals surface area (Å²) in [5, 5.41) is 9.12. The van der Waals surface area contributed by atoms with Gasteiger partial charge in [0.1, 0.15) is 5.82 Å². The van der Waals surface area contributed by atoms with Crippen LogP contribution in [0.4, 0.5) is 4.39 Å². The van der Waals surface area contributed by atoms with Crippen molar-refractivity contribution in [2.75, 3.05) is 13.1 Å². The van der Waals surface area contributed by atoms with Gasteiger partial charge in [-0.05, 0) is 47.5 Å². The van der Waals surface area contributed by atoms with Gasteiger partial charge in [-0.1, -0.05) is 0 Å². The molecule has 4 nitrogen and oxygen atoms in total. The van der Waals surface area contributed by atoms with Crippen LogP contribution in [0, 0.1) is 11.2 Å². The highest BCUT2D eigenvalue weighted by Gasteiger charge is 2.42. The molecule has 0 saturated carbocycles. The molecule has 1 aromatic rings. The minimum absolute atomic E-state index is 0.152. The van der Waals surface area contributed by atoms with Gasteiger partial charge in [0, 0.05) is 18.7 Å². The number of carbonyl (C=O) groups is 2. The third-order valence-corrected chi connectivity index (χ3v) is 4.09. The number of carboxylic acids is 1. The number of rotatable bonds is 2.